The van der Waals surface area contributed by atoms with Gasteiger partial charge in [-0.15, -0.1) is 0 Å². The van der Waals surface area contributed by atoms with Gasteiger partial charge in [-0.3, -0.25) is 19.2 Å². The quantitative estimate of drug-likeness (QED) is 0.0289. The Labute approximate surface area is 351 Å². The molecule has 2 aromatic carbocycles. The van der Waals surface area contributed by atoms with Crippen LogP contribution in [0.2, 0.25) is 0 Å². The highest BCUT2D eigenvalue weighted by atomic mass is 16.5. The molecule has 1 unspecified atom stereocenters. The molecule has 0 amide bonds. The zero-order valence-corrected chi connectivity index (χ0v) is 36.6. The lowest BCUT2D eigenvalue weighted by molar-refractivity contribution is -0.150. The van der Waals surface area contributed by atoms with E-state index in [1.807, 2.05) is 12.1 Å². The van der Waals surface area contributed by atoms with E-state index in [-0.39, 0.29) is 23.9 Å². The number of carboxylic acid groups (broad SMARTS) is 4. The predicted octanol–water partition coefficient (Wildman–Crippen LogP) is 10.3. The number of hydrogen-bond donors (Lipinski definition) is 7. The summed E-state index contributed by atoms with van der Waals surface area (Å²) in [6.45, 7) is 11.6. The fourth-order valence-corrected chi connectivity index (χ4v) is 7.31. The molecule has 0 bridgehead atoms. The first-order chi connectivity index (χ1) is 27.4. The van der Waals surface area contributed by atoms with E-state index in [0.717, 1.165) is 56.1 Å². The van der Waals surface area contributed by atoms with Gasteiger partial charge in [-0.05, 0) is 143 Å². The minimum Gasteiger partial charge on any atom is -0.508 e. The van der Waals surface area contributed by atoms with Crippen molar-refractivity contribution in [3.05, 3.63) is 46.5 Å². The number of hydrogen-bond acceptors (Lipinski definition) is 8. The first-order valence-corrected chi connectivity index (χ1v) is 21.4. The molecule has 7 N–H and O–H groups in total. The molecule has 0 aromatic heterocycles. The minimum absolute atomic E-state index is 0.199. The number of aryl methyl sites for hydroxylation is 1. The molecule has 12 nitrogen and oxygen atoms in total. The van der Waals surface area contributed by atoms with Crippen molar-refractivity contribution in [3.8, 4) is 23.0 Å². The molecule has 12 heteroatoms. The Kier molecular flexibility index (Phi) is 19.6. The lowest BCUT2D eigenvalue weighted by atomic mass is 9.84. The first-order valence-electron chi connectivity index (χ1n) is 21.4. The number of benzene rings is 2. The summed E-state index contributed by atoms with van der Waals surface area (Å²) < 4.78 is 6.23. The SMILES string of the molecule is CC(C)(CCCCCCc1cccc(O)c1CCCCCC(C)(COc1cc(O)c(O)c(CCCCC(C)(C)C(=O)O)c1CCCCC(C)(C)C(=O)O)C(=O)O)C(=O)O. The lowest BCUT2D eigenvalue weighted by Crippen LogP contribution is -2.34. The van der Waals surface area contributed by atoms with E-state index in [0.29, 0.717) is 88.2 Å². The Balaban J connectivity index is 2.11. The van der Waals surface area contributed by atoms with Crippen molar-refractivity contribution >= 4 is 23.9 Å². The number of aromatic hydroxyl groups is 3. The predicted molar refractivity (Wildman–Crippen MR) is 227 cm³/mol. The molecule has 0 heterocycles. The summed E-state index contributed by atoms with van der Waals surface area (Å²) in [6, 6.07) is 6.85. The zero-order valence-electron chi connectivity index (χ0n) is 36.6. The Morgan fingerprint density at radius 3 is 1.44 bits per heavy atom. The normalized spacial score (nSPS) is 13.2. The van der Waals surface area contributed by atoms with Gasteiger partial charge in [-0.1, -0.05) is 57.1 Å². The van der Waals surface area contributed by atoms with Gasteiger partial charge in [0.05, 0.1) is 21.7 Å². The molecule has 59 heavy (non-hydrogen) atoms. The highest BCUT2D eigenvalue weighted by molar-refractivity contribution is 5.75. The van der Waals surface area contributed by atoms with Crippen LogP contribution in [0.5, 0.6) is 23.0 Å². The summed E-state index contributed by atoms with van der Waals surface area (Å²) in [5.41, 5.74) is -0.809. The molecule has 0 saturated heterocycles. The maximum atomic E-state index is 12.7. The maximum absolute atomic E-state index is 12.7. The first kappa shape index (κ1) is 50.7. The minimum atomic E-state index is -1.28. The Hall–Kier alpha value is -4.48. The van der Waals surface area contributed by atoms with Crippen LogP contribution in [0.15, 0.2) is 24.3 Å². The Bertz CT molecular complexity index is 1710. The van der Waals surface area contributed by atoms with Crippen LogP contribution in [0.25, 0.3) is 0 Å². The smallest absolute Gasteiger partial charge is 0.312 e. The number of aliphatic carboxylic acids is 4. The van der Waals surface area contributed by atoms with Crippen LogP contribution in [0.1, 0.15) is 167 Å². The van der Waals surface area contributed by atoms with Gasteiger partial charge in [-0.25, -0.2) is 0 Å². The monoisotopic (exact) mass is 829 g/mol. The molecule has 0 aliphatic heterocycles. The van der Waals surface area contributed by atoms with Crippen molar-refractivity contribution in [3.63, 3.8) is 0 Å². The van der Waals surface area contributed by atoms with Gasteiger partial charge >= 0.3 is 23.9 Å². The topological polar surface area (TPSA) is 219 Å². The highest BCUT2D eigenvalue weighted by Gasteiger charge is 2.35. The van der Waals surface area contributed by atoms with E-state index < -0.39 is 51.3 Å². The van der Waals surface area contributed by atoms with Gasteiger partial charge in [0, 0.05) is 17.2 Å². The van der Waals surface area contributed by atoms with Crippen LogP contribution in [-0.2, 0) is 44.9 Å². The second-order valence-electron chi connectivity index (χ2n) is 18.7. The summed E-state index contributed by atoms with van der Waals surface area (Å²) in [6.07, 6.45) is 11.8. The van der Waals surface area contributed by atoms with Crippen LogP contribution < -0.4 is 4.74 Å². The van der Waals surface area contributed by atoms with Gasteiger partial charge < -0.3 is 40.5 Å². The number of phenolic OH excluding ortho intramolecular Hbond substituents is 3. The molecule has 0 aliphatic carbocycles. The molecule has 1 atom stereocenters. The van der Waals surface area contributed by atoms with Crippen molar-refractivity contribution < 1.29 is 59.7 Å². The van der Waals surface area contributed by atoms with Gasteiger partial charge in [0.2, 0.25) is 0 Å². The third-order valence-corrected chi connectivity index (χ3v) is 12.1. The van der Waals surface area contributed by atoms with Crippen molar-refractivity contribution in [2.24, 2.45) is 21.7 Å². The molecule has 0 fully saturated rings. The average Bonchev–Trinajstić information content (AvgIpc) is 3.14. The maximum Gasteiger partial charge on any atom is 0.312 e. The van der Waals surface area contributed by atoms with Crippen molar-refractivity contribution in [2.75, 3.05) is 6.61 Å². The highest BCUT2D eigenvalue weighted by Crippen LogP contribution is 2.42. The van der Waals surface area contributed by atoms with E-state index >= 15 is 0 Å². The summed E-state index contributed by atoms with van der Waals surface area (Å²) in [4.78, 5) is 47.4. The molecule has 0 spiro atoms. The Morgan fingerprint density at radius 2 is 0.915 bits per heavy atom. The van der Waals surface area contributed by atoms with E-state index in [1.54, 1.807) is 54.5 Å². The molecule has 0 saturated carbocycles. The summed E-state index contributed by atoms with van der Waals surface area (Å²) in [5.74, 6) is -3.83. The number of carbonyl (C=O) groups is 4. The fraction of sp³-hybridized carbons (Fsp3) is 0.660. The fourth-order valence-electron chi connectivity index (χ4n) is 7.31. The average molecular weight is 829 g/mol. The molecule has 0 radical (unpaired) electrons. The molecule has 2 rings (SSSR count). The largest absolute Gasteiger partial charge is 0.508 e. The number of carboxylic acids is 4. The van der Waals surface area contributed by atoms with E-state index in [4.69, 9.17) is 4.74 Å². The van der Waals surface area contributed by atoms with Gasteiger partial charge in [-0.2, -0.15) is 0 Å². The van der Waals surface area contributed by atoms with E-state index in [2.05, 4.69) is 0 Å². The second-order valence-corrected chi connectivity index (χ2v) is 18.7. The van der Waals surface area contributed by atoms with Gasteiger partial charge in [0.15, 0.2) is 11.5 Å². The van der Waals surface area contributed by atoms with E-state index in [1.165, 1.54) is 6.07 Å². The number of phenols is 3. The molecular formula is C47H72O12. The van der Waals surface area contributed by atoms with Crippen molar-refractivity contribution in [2.45, 2.75) is 170 Å². The van der Waals surface area contributed by atoms with Crippen LogP contribution in [0.3, 0.4) is 0 Å². The summed E-state index contributed by atoms with van der Waals surface area (Å²) in [5, 5.41) is 71.3. The van der Waals surface area contributed by atoms with Gasteiger partial charge in [0.25, 0.3) is 0 Å². The lowest BCUT2D eigenvalue weighted by Gasteiger charge is -2.27. The standard InChI is InChI=1S/C47H72O12/c1-44(2,40(51)52)26-15-9-8-11-20-32-21-19-25-36(48)33(32)22-12-10-16-29-47(7,43(57)58)31-59-38-30-37(49)39(50)35(24-14-18-28-46(5,6)42(55)56)34(38)23-13-17-27-45(3,4)41(53)54/h19,21,25,30,48-50H,8-18,20,22-24,26-29,31H2,1-7H3,(H,51,52)(H,53,54)(H,55,56)(H,57,58). The van der Waals surface area contributed by atoms with Crippen molar-refractivity contribution in [1.29, 1.82) is 0 Å². The molecule has 332 valence electrons. The molecule has 2 aromatic rings. The third-order valence-electron chi connectivity index (χ3n) is 12.1. The van der Waals surface area contributed by atoms with Crippen molar-refractivity contribution in [1.82, 2.24) is 0 Å². The molecular weight excluding hydrogens is 757 g/mol. The Morgan fingerprint density at radius 1 is 0.492 bits per heavy atom. The third kappa shape index (κ3) is 15.9. The van der Waals surface area contributed by atoms with E-state index in [9.17, 15) is 54.9 Å². The number of ether oxygens (including phenoxy) is 1. The number of unbranched alkanes of at least 4 members (excludes halogenated alkanes) is 7. The second kappa shape index (κ2) is 22.8. The number of rotatable bonds is 30. The summed E-state index contributed by atoms with van der Waals surface area (Å²) >= 11 is 0. The van der Waals surface area contributed by atoms with Crippen LogP contribution in [0.4, 0.5) is 0 Å². The van der Waals surface area contributed by atoms with Crippen LogP contribution in [-0.4, -0.2) is 66.2 Å². The summed E-state index contributed by atoms with van der Waals surface area (Å²) in [7, 11) is 0. The molecule has 0 aliphatic rings. The van der Waals surface area contributed by atoms with Crippen LogP contribution >= 0.6 is 0 Å². The zero-order chi connectivity index (χ0) is 44.6. The van der Waals surface area contributed by atoms with Crippen LogP contribution in [0, 0.1) is 21.7 Å². The van der Waals surface area contributed by atoms with Gasteiger partial charge in [0.1, 0.15) is 18.1 Å².